The summed E-state index contributed by atoms with van der Waals surface area (Å²) < 4.78 is 27.1. The third kappa shape index (κ3) is 5.14. The van der Waals surface area contributed by atoms with Crippen molar-refractivity contribution in [1.29, 1.82) is 0 Å². The molecule has 0 bridgehead atoms. The van der Waals surface area contributed by atoms with E-state index in [0.29, 0.717) is 23.4 Å². The zero-order valence-corrected chi connectivity index (χ0v) is 15.3. The van der Waals surface area contributed by atoms with E-state index >= 15 is 0 Å². The number of carbonyl (C=O) groups is 1. The van der Waals surface area contributed by atoms with Crippen LogP contribution in [0.5, 0.6) is 0 Å². The summed E-state index contributed by atoms with van der Waals surface area (Å²) in [7, 11) is 0. The van der Waals surface area contributed by atoms with Crippen LogP contribution in [-0.4, -0.2) is 28.8 Å². The summed E-state index contributed by atoms with van der Waals surface area (Å²) in [5.41, 5.74) is 2.96. The number of benzene rings is 1. The number of halogens is 2. The van der Waals surface area contributed by atoms with Gasteiger partial charge >= 0.3 is 0 Å². The average molecular weight is 395 g/mol. The fraction of sp³-hybridized carbons (Fsp3) is 0.125. The SMILES string of the molecule is C=CCNC(=S)N/N=C\c1csc(N(C(C)=O)c2ccc(F)cc2F)n1. The molecular weight excluding hydrogens is 380 g/mol. The Morgan fingerprint density at radius 2 is 2.27 bits per heavy atom. The minimum Gasteiger partial charge on any atom is -0.358 e. The minimum atomic E-state index is -0.856. The number of amides is 1. The van der Waals surface area contributed by atoms with Gasteiger partial charge in [-0.2, -0.15) is 5.10 Å². The largest absolute Gasteiger partial charge is 0.358 e. The summed E-state index contributed by atoms with van der Waals surface area (Å²) in [6.45, 7) is 5.32. The van der Waals surface area contributed by atoms with Crippen LogP contribution in [0.2, 0.25) is 0 Å². The second-order valence-corrected chi connectivity index (χ2v) is 6.12. The summed E-state index contributed by atoms with van der Waals surface area (Å²) in [4.78, 5) is 17.2. The lowest BCUT2D eigenvalue weighted by Gasteiger charge is -2.18. The van der Waals surface area contributed by atoms with Gasteiger partial charge in [-0.1, -0.05) is 6.08 Å². The van der Waals surface area contributed by atoms with E-state index in [1.807, 2.05) is 0 Å². The van der Waals surface area contributed by atoms with E-state index in [2.05, 4.69) is 27.4 Å². The molecule has 1 heterocycles. The van der Waals surface area contributed by atoms with Crippen LogP contribution in [0.1, 0.15) is 12.6 Å². The Hall–Kier alpha value is -2.72. The van der Waals surface area contributed by atoms with Crippen molar-refractivity contribution in [1.82, 2.24) is 15.7 Å². The number of nitrogens with one attached hydrogen (secondary N) is 2. The molecule has 0 spiro atoms. The van der Waals surface area contributed by atoms with Gasteiger partial charge in [0.15, 0.2) is 10.2 Å². The fourth-order valence-corrected chi connectivity index (χ4v) is 2.84. The van der Waals surface area contributed by atoms with Crippen LogP contribution < -0.4 is 15.6 Å². The molecule has 1 amide bonds. The lowest BCUT2D eigenvalue weighted by Crippen LogP contribution is -2.31. The van der Waals surface area contributed by atoms with Crippen molar-refractivity contribution >= 4 is 51.6 Å². The Morgan fingerprint density at radius 3 is 2.92 bits per heavy atom. The molecule has 0 atom stereocenters. The van der Waals surface area contributed by atoms with Gasteiger partial charge in [0.1, 0.15) is 11.6 Å². The summed E-state index contributed by atoms with van der Waals surface area (Å²) in [6, 6.07) is 2.97. The molecule has 0 saturated carbocycles. The van der Waals surface area contributed by atoms with E-state index in [4.69, 9.17) is 12.2 Å². The van der Waals surface area contributed by atoms with E-state index in [-0.39, 0.29) is 10.8 Å². The summed E-state index contributed by atoms with van der Waals surface area (Å²) in [5, 5.41) is 8.94. The first-order valence-corrected chi connectivity index (χ1v) is 8.60. The van der Waals surface area contributed by atoms with E-state index in [1.54, 1.807) is 11.5 Å². The second-order valence-electron chi connectivity index (χ2n) is 4.87. The maximum absolute atomic E-state index is 14.0. The highest BCUT2D eigenvalue weighted by Crippen LogP contribution is 2.30. The maximum Gasteiger partial charge on any atom is 0.230 e. The van der Waals surface area contributed by atoms with Gasteiger partial charge in [-0.25, -0.2) is 13.8 Å². The van der Waals surface area contributed by atoms with Crippen LogP contribution in [0, 0.1) is 11.6 Å². The highest BCUT2D eigenvalue weighted by molar-refractivity contribution is 7.80. The number of hydrogen-bond acceptors (Lipinski definition) is 5. The first kappa shape index (κ1) is 19.6. The summed E-state index contributed by atoms with van der Waals surface area (Å²) >= 11 is 6.10. The number of rotatable bonds is 6. The van der Waals surface area contributed by atoms with Crippen molar-refractivity contribution in [3.8, 4) is 0 Å². The molecule has 0 aliphatic rings. The molecule has 6 nitrogen and oxygen atoms in total. The van der Waals surface area contributed by atoms with Crippen molar-refractivity contribution in [2.45, 2.75) is 6.92 Å². The Kier molecular flexibility index (Phi) is 6.87. The van der Waals surface area contributed by atoms with E-state index in [0.717, 1.165) is 22.3 Å². The molecule has 0 aliphatic carbocycles. The van der Waals surface area contributed by atoms with Crippen molar-refractivity contribution < 1.29 is 13.6 Å². The zero-order valence-electron chi connectivity index (χ0n) is 13.7. The topological polar surface area (TPSA) is 69.6 Å². The Balaban J connectivity index is 2.16. The first-order valence-electron chi connectivity index (χ1n) is 7.31. The molecule has 0 saturated heterocycles. The van der Waals surface area contributed by atoms with E-state index in [1.165, 1.54) is 19.2 Å². The predicted octanol–water partition coefficient (Wildman–Crippen LogP) is 3.09. The lowest BCUT2D eigenvalue weighted by atomic mass is 10.2. The minimum absolute atomic E-state index is 0.0790. The smallest absolute Gasteiger partial charge is 0.230 e. The number of hydrogen-bond donors (Lipinski definition) is 2. The number of thiocarbonyl (C=S) groups is 1. The van der Waals surface area contributed by atoms with E-state index < -0.39 is 17.5 Å². The zero-order chi connectivity index (χ0) is 19.1. The quantitative estimate of drug-likeness (QED) is 0.340. The van der Waals surface area contributed by atoms with Crippen LogP contribution in [0.4, 0.5) is 19.6 Å². The number of hydrazone groups is 1. The number of thiazole rings is 1. The van der Waals surface area contributed by atoms with Crippen molar-refractivity contribution in [2.75, 3.05) is 11.4 Å². The van der Waals surface area contributed by atoms with Gasteiger partial charge < -0.3 is 5.32 Å². The third-order valence-corrected chi connectivity index (χ3v) is 4.02. The summed E-state index contributed by atoms with van der Waals surface area (Å²) in [5.74, 6) is -2.04. The highest BCUT2D eigenvalue weighted by atomic mass is 32.1. The third-order valence-electron chi connectivity index (χ3n) is 2.94. The molecule has 0 radical (unpaired) electrons. The average Bonchev–Trinajstić information content (AvgIpc) is 3.03. The van der Waals surface area contributed by atoms with Gasteiger partial charge in [0.25, 0.3) is 0 Å². The number of anilines is 2. The highest BCUT2D eigenvalue weighted by Gasteiger charge is 2.21. The van der Waals surface area contributed by atoms with Gasteiger partial charge in [-0.05, 0) is 24.4 Å². The van der Waals surface area contributed by atoms with Gasteiger partial charge in [0.2, 0.25) is 5.91 Å². The monoisotopic (exact) mass is 395 g/mol. The predicted molar refractivity (Wildman–Crippen MR) is 103 cm³/mol. The molecule has 0 fully saturated rings. The fourth-order valence-electron chi connectivity index (χ4n) is 1.87. The normalized spacial score (nSPS) is 10.6. The molecule has 0 unspecified atom stereocenters. The Labute approximate surface area is 158 Å². The van der Waals surface area contributed by atoms with Gasteiger partial charge in [0, 0.05) is 24.9 Å². The molecule has 10 heteroatoms. The van der Waals surface area contributed by atoms with Crippen LogP contribution >= 0.6 is 23.6 Å². The molecule has 136 valence electrons. The van der Waals surface area contributed by atoms with Crippen molar-refractivity contribution in [3.63, 3.8) is 0 Å². The van der Waals surface area contributed by atoms with Crippen molar-refractivity contribution in [2.24, 2.45) is 5.10 Å². The Bertz CT molecular complexity index is 853. The van der Waals surface area contributed by atoms with Gasteiger partial charge in [-0.3, -0.25) is 15.1 Å². The molecule has 2 N–H and O–H groups in total. The number of aromatic nitrogens is 1. The standard InChI is InChI=1S/C16H15F2N5OS2/c1-3-6-19-15(25)22-20-8-12-9-26-16(21-12)23(10(2)24)14-5-4-11(17)7-13(14)18/h3-5,7-9H,1,6H2,2H3,(H2,19,22,25)/b20-8-. The van der Waals surface area contributed by atoms with Gasteiger partial charge in [-0.15, -0.1) is 17.9 Å². The van der Waals surface area contributed by atoms with E-state index in [9.17, 15) is 13.6 Å². The molecule has 26 heavy (non-hydrogen) atoms. The molecule has 2 aromatic rings. The van der Waals surface area contributed by atoms with Crippen LogP contribution in [0.15, 0.2) is 41.3 Å². The molecule has 1 aromatic heterocycles. The maximum atomic E-state index is 14.0. The van der Waals surface area contributed by atoms with Crippen LogP contribution in [-0.2, 0) is 4.79 Å². The Morgan fingerprint density at radius 1 is 1.50 bits per heavy atom. The first-order chi connectivity index (χ1) is 12.4. The number of carbonyl (C=O) groups excluding carboxylic acids is 1. The molecule has 2 rings (SSSR count). The van der Waals surface area contributed by atoms with Gasteiger partial charge in [0.05, 0.1) is 17.6 Å². The molecule has 1 aromatic carbocycles. The summed E-state index contributed by atoms with van der Waals surface area (Å²) in [6.07, 6.45) is 3.05. The van der Waals surface area contributed by atoms with Crippen LogP contribution in [0.3, 0.4) is 0 Å². The second kappa shape index (κ2) is 9.11. The lowest BCUT2D eigenvalue weighted by molar-refractivity contribution is -0.115. The number of nitrogens with zero attached hydrogens (tertiary/aromatic N) is 3. The van der Waals surface area contributed by atoms with Crippen molar-refractivity contribution in [3.05, 3.63) is 53.6 Å². The van der Waals surface area contributed by atoms with Crippen LogP contribution in [0.25, 0.3) is 0 Å². The molecular formula is C16H15F2N5OS2. The molecule has 0 aliphatic heterocycles.